The minimum absolute atomic E-state index is 0.141. The number of hydrogen-bond donors (Lipinski definition) is 1. The minimum Gasteiger partial charge on any atom is -0.314 e. The number of carbonyl (C=O) groups is 1. The standard InChI is InChI=1S/C14H24N4O/c1-13-8-16-6-7-17(9-13)11-14(10-16,12(13)19)18-4-2-15-3-5-18/h15H,2-11H2,1H3. The third kappa shape index (κ3) is 1.65. The largest absolute Gasteiger partial charge is 0.314 e. The smallest absolute Gasteiger partial charge is 0.164 e. The van der Waals surface area contributed by atoms with Crippen LogP contribution in [0.4, 0.5) is 0 Å². The molecule has 5 saturated heterocycles. The summed E-state index contributed by atoms with van der Waals surface area (Å²) in [5.41, 5.74) is -0.359. The molecule has 5 fully saturated rings. The number of fused-ring (bicyclic) bond motifs is 1. The number of Topliss-reactive ketones (excluding diaryl/α,β-unsaturated/α-hetero) is 1. The van der Waals surface area contributed by atoms with Gasteiger partial charge in [-0.3, -0.25) is 19.5 Å². The summed E-state index contributed by atoms with van der Waals surface area (Å²) in [4.78, 5) is 20.7. The van der Waals surface area contributed by atoms with Crippen LogP contribution in [0, 0.1) is 5.41 Å². The number of hydrogen-bond acceptors (Lipinski definition) is 5. The van der Waals surface area contributed by atoms with Crippen LogP contribution in [0.25, 0.3) is 0 Å². The molecule has 5 rings (SSSR count). The first kappa shape index (κ1) is 12.3. The van der Waals surface area contributed by atoms with Gasteiger partial charge in [0.25, 0.3) is 0 Å². The lowest BCUT2D eigenvalue weighted by Gasteiger charge is -2.57. The summed E-state index contributed by atoms with van der Waals surface area (Å²) in [5.74, 6) is 0.524. The molecule has 5 heterocycles. The van der Waals surface area contributed by atoms with E-state index in [2.05, 4.69) is 26.9 Å². The molecule has 4 bridgehead atoms. The van der Waals surface area contributed by atoms with Crippen molar-refractivity contribution >= 4 is 5.78 Å². The first-order valence-electron chi connectivity index (χ1n) is 7.58. The van der Waals surface area contributed by atoms with Crippen LogP contribution in [0.2, 0.25) is 0 Å². The third-order valence-corrected chi connectivity index (χ3v) is 5.54. The Bertz CT molecular complexity index is 388. The van der Waals surface area contributed by atoms with Crippen molar-refractivity contribution in [2.45, 2.75) is 12.5 Å². The predicted octanol–water partition coefficient (Wildman–Crippen LogP) is -1.15. The molecule has 0 aromatic carbocycles. The first-order valence-corrected chi connectivity index (χ1v) is 7.58. The van der Waals surface area contributed by atoms with Gasteiger partial charge < -0.3 is 5.32 Å². The predicted molar refractivity (Wildman–Crippen MR) is 73.2 cm³/mol. The van der Waals surface area contributed by atoms with E-state index >= 15 is 0 Å². The second-order valence-electron chi connectivity index (χ2n) is 7.08. The number of nitrogens with zero attached hydrogens (tertiary/aromatic N) is 3. The highest BCUT2D eigenvalue weighted by molar-refractivity contribution is 5.96. The van der Waals surface area contributed by atoms with Gasteiger partial charge in [0.05, 0.1) is 5.41 Å². The van der Waals surface area contributed by atoms with Crippen LogP contribution in [0.3, 0.4) is 0 Å². The van der Waals surface area contributed by atoms with E-state index in [0.717, 1.165) is 65.4 Å². The Kier molecular flexibility index (Phi) is 2.59. The lowest BCUT2D eigenvalue weighted by Crippen LogP contribution is -2.77. The Morgan fingerprint density at radius 3 is 2.11 bits per heavy atom. The highest BCUT2D eigenvalue weighted by Crippen LogP contribution is 2.42. The third-order valence-electron chi connectivity index (χ3n) is 5.54. The molecular formula is C14H24N4O. The summed E-state index contributed by atoms with van der Waals surface area (Å²) in [7, 11) is 0. The lowest BCUT2D eigenvalue weighted by molar-refractivity contribution is -0.159. The number of carbonyl (C=O) groups excluding carboxylic acids is 1. The second kappa shape index (κ2) is 4.01. The highest BCUT2D eigenvalue weighted by atomic mass is 16.1. The summed E-state index contributed by atoms with van der Waals surface area (Å²) in [6.45, 7) is 12.4. The van der Waals surface area contributed by atoms with E-state index in [-0.39, 0.29) is 11.0 Å². The maximum Gasteiger partial charge on any atom is 0.164 e. The Labute approximate surface area is 114 Å². The van der Waals surface area contributed by atoms with Crippen molar-refractivity contribution in [3.8, 4) is 0 Å². The van der Waals surface area contributed by atoms with E-state index in [1.165, 1.54) is 0 Å². The number of piperazine rings is 1. The Hall–Kier alpha value is -0.490. The molecular weight excluding hydrogens is 240 g/mol. The normalized spacial score (nSPS) is 50.5. The van der Waals surface area contributed by atoms with Crippen LogP contribution < -0.4 is 5.32 Å². The summed E-state index contributed by atoms with van der Waals surface area (Å²) in [6, 6.07) is 0. The average Bonchev–Trinajstić information content (AvgIpc) is 2.64. The quantitative estimate of drug-likeness (QED) is 0.647. The van der Waals surface area contributed by atoms with Gasteiger partial charge in [0.15, 0.2) is 5.78 Å². The van der Waals surface area contributed by atoms with Gasteiger partial charge in [0.1, 0.15) is 5.54 Å². The minimum atomic E-state index is -0.218. The molecule has 5 heteroatoms. The molecule has 19 heavy (non-hydrogen) atoms. The summed E-state index contributed by atoms with van der Waals surface area (Å²) >= 11 is 0. The topological polar surface area (TPSA) is 38.8 Å². The summed E-state index contributed by atoms with van der Waals surface area (Å²) in [5, 5.41) is 3.41. The van der Waals surface area contributed by atoms with Gasteiger partial charge >= 0.3 is 0 Å². The molecule has 2 atom stereocenters. The zero-order chi connectivity index (χ0) is 13.1. The first-order chi connectivity index (χ1) is 9.12. The fourth-order valence-electron chi connectivity index (χ4n) is 4.82. The van der Waals surface area contributed by atoms with Gasteiger partial charge in [-0.25, -0.2) is 0 Å². The maximum absolute atomic E-state index is 13.2. The molecule has 0 spiro atoms. The molecule has 5 nitrogen and oxygen atoms in total. The van der Waals surface area contributed by atoms with E-state index in [0.29, 0.717) is 5.78 Å². The van der Waals surface area contributed by atoms with E-state index in [9.17, 15) is 4.79 Å². The fraction of sp³-hybridized carbons (Fsp3) is 0.929. The van der Waals surface area contributed by atoms with Gasteiger partial charge in [-0.05, 0) is 0 Å². The van der Waals surface area contributed by atoms with Crippen molar-refractivity contribution in [3.63, 3.8) is 0 Å². The molecule has 5 aliphatic rings. The van der Waals surface area contributed by atoms with E-state index in [1.54, 1.807) is 0 Å². The number of ketones is 1. The zero-order valence-electron chi connectivity index (χ0n) is 11.8. The Morgan fingerprint density at radius 1 is 0.947 bits per heavy atom. The van der Waals surface area contributed by atoms with Crippen LogP contribution in [0.15, 0.2) is 0 Å². The second-order valence-corrected chi connectivity index (χ2v) is 7.08. The monoisotopic (exact) mass is 264 g/mol. The highest BCUT2D eigenvalue weighted by Gasteiger charge is 2.61. The van der Waals surface area contributed by atoms with Crippen LogP contribution >= 0.6 is 0 Å². The molecule has 2 unspecified atom stereocenters. The summed E-state index contributed by atoms with van der Waals surface area (Å²) < 4.78 is 0. The van der Waals surface area contributed by atoms with Gasteiger partial charge in [-0.1, -0.05) is 6.92 Å². The molecule has 0 aliphatic carbocycles. The van der Waals surface area contributed by atoms with E-state index < -0.39 is 0 Å². The van der Waals surface area contributed by atoms with Gasteiger partial charge in [-0.15, -0.1) is 0 Å². The molecule has 0 amide bonds. The van der Waals surface area contributed by atoms with Crippen molar-refractivity contribution in [2.75, 3.05) is 65.4 Å². The van der Waals surface area contributed by atoms with Gasteiger partial charge in [0.2, 0.25) is 0 Å². The fourth-order valence-corrected chi connectivity index (χ4v) is 4.82. The van der Waals surface area contributed by atoms with Crippen LogP contribution in [-0.2, 0) is 4.79 Å². The molecule has 0 radical (unpaired) electrons. The number of nitrogens with one attached hydrogen (secondary N) is 1. The van der Waals surface area contributed by atoms with E-state index in [4.69, 9.17) is 0 Å². The Morgan fingerprint density at radius 2 is 1.53 bits per heavy atom. The summed E-state index contributed by atoms with van der Waals surface area (Å²) in [6.07, 6.45) is 0. The van der Waals surface area contributed by atoms with Crippen molar-refractivity contribution < 1.29 is 4.79 Å². The number of rotatable bonds is 1. The molecule has 5 aliphatic heterocycles. The van der Waals surface area contributed by atoms with Crippen molar-refractivity contribution in [1.29, 1.82) is 0 Å². The average molecular weight is 264 g/mol. The Balaban J connectivity index is 1.75. The molecule has 1 N–H and O–H groups in total. The van der Waals surface area contributed by atoms with Gasteiger partial charge in [0, 0.05) is 65.4 Å². The van der Waals surface area contributed by atoms with Crippen molar-refractivity contribution in [1.82, 2.24) is 20.0 Å². The molecule has 0 saturated carbocycles. The van der Waals surface area contributed by atoms with E-state index in [1.807, 2.05) is 0 Å². The van der Waals surface area contributed by atoms with Crippen LogP contribution in [0.5, 0.6) is 0 Å². The SMILES string of the molecule is CC12CN3CCN(C1)CC(N1CCNCC1)(C3)C2=O. The molecule has 0 aromatic heterocycles. The number of piperidine rings is 2. The zero-order valence-corrected chi connectivity index (χ0v) is 11.8. The van der Waals surface area contributed by atoms with Crippen LogP contribution in [-0.4, -0.2) is 91.5 Å². The molecule has 0 aromatic rings. The molecule has 106 valence electrons. The van der Waals surface area contributed by atoms with Crippen molar-refractivity contribution in [2.24, 2.45) is 5.41 Å². The van der Waals surface area contributed by atoms with Gasteiger partial charge in [-0.2, -0.15) is 0 Å². The van der Waals surface area contributed by atoms with Crippen molar-refractivity contribution in [3.05, 3.63) is 0 Å². The van der Waals surface area contributed by atoms with Crippen LogP contribution in [0.1, 0.15) is 6.92 Å². The lowest BCUT2D eigenvalue weighted by atomic mass is 9.67. The maximum atomic E-state index is 13.2.